The van der Waals surface area contributed by atoms with Crippen LogP contribution in [0.4, 0.5) is 0 Å². The van der Waals surface area contributed by atoms with Crippen molar-refractivity contribution in [1.29, 1.82) is 5.26 Å². The molecule has 3 heterocycles. The summed E-state index contributed by atoms with van der Waals surface area (Å²) >= 11 is 8.35. The zero-order chi connectivity index (χ0) is 24.2. The Hall–Kier alpha value is -2.94. The lowest BCUT2D eigenvalue weighted by atomic mass is 9.99. The van der Waals surface area contributed by atoms with E-state index in [0.717, 1.165) is 73.7 Å². The lowest BCUT2D eigenvalue weighted by Gasteiger charge is -2.41. The summed E-state index contributed by atoms with van der Waals surface area (Å²) in [6.45, 7) is 11.1. The van der Waals surface area contributed by atoms with Gasteiger partial charge in [0.25, 0.3) is 0 Å². The van der Waals surface area contributed by atoms with Gasteiger partial charge in [-0.1, -0.05) is 48.7 Å². The third kappa shape index (κ3) is 5.09. The maximum atomic E-state index is 9.04. The van der Waals surface area contributed by atoms with Crippen LogP contribution in [0.5, 0.6) is 0 Å². The highest BCUT2D eigenvalue weighted by atomic mass is 35.5. The Morgan fingerprint density at radius 1 is 1.41 bits per heavy atom. The first-order valence-corrected chi connectivity index (χ1v) is 12.6. The number of halogens is 1. The lowest BCUT2D eigenvalue weighted by Crippen LogP contribution is -2.50. The van der Waals surface area contributed by atoms with Gasteiger partial charge in [-0.2, -0.15) is 5.26 Å². The number of nitriles is 1. The topological polar surface area (TPSA) is 81.7 Å². The van der Waals surface area contributed by atoms with Crippen LogP contribution in [0.3, 0.4) is 0 Å². The van der Waals surface area contributed by atoms with Gasteiger partial charge >= 0.3 is 0 Å². The van der Waals surface area contributed by atoms with Gasteiger partial charge in [0.1, 0.15) is 6.07 Å². The van der Waals surface area contributed by atoms with Gasteiger partial charge < -0.3 is 15.6 Å². The fraction of sp³-hybridized carbons (Fsp3) is 0.296. The molecule has 2 aromatic heterocycles. The predicted molar refractivity (Wildman–Crippen MR) is 142 cm³/mol. The first kappa shape index (κ1) is 24.2. The number of nitrogens with two attached hydrogens (primary N) is 1. The number of rotatable bonds is 7. The number of likely N-dealkylation sites (tertiary alicyclic amines) is 1. The number of aromatic nitrogens is 2. The molecule has 5 nitrogen and oxygen atoms in total. The molecular weight excluding hydrogens is 462 g/mol. The maximum Gasteiger partial charge on any atom is 0.101 e. The molecule has 0 amide bonds. The van der Waals surface area contributed by atoms with Crippen molar-refractivity contribution >= 4 is 45.7 Å². The largest absolute Gasteiger partial charge is 0.374 e. The highest BCUT2D eigenvalue weighted by molar-refractivity contribution is 8.03. The minimum absolute atomic E-state index is 0.556. The molecule has 1 fully saturated rings. The van der Waals surface area contributed by atoms with Crippen molar-refractivity contribution in [2.45, 2.75) is 31.6 Å². The molecule has 7 heteroatoms. The fourth-order valence-electron chi connectivity index (χ4n) is 4.07. The zero-order valence-corrected chi connectivity index (χ0v) is 21.1. The minimum atomic E-state index is 0.556. The van der Waals surface area contributed by atoms with E-state index in [1.54, 1.807) is 18.0 Å². The lowest BCUT2D eigenvalue weighted by molar-refractivity contribution is 0.178. The first-order chi connectivity index (χ1) is 16.4. The van der Waals surface area contributed by atoms with Crippen LogP contribution < -0.4 is 16.3 Å². The SMILES string of the molecule is C=C(CC=C=c1[nH]c(CC)c(Cl)c1=C(C)N1CC(CN)C1)Sc1ccc2cc(C#N)cnc2c1. The average Bonchev–Trinajstić information content (AvgIpc) is 3.12. The standard InChI is InChI=1S/C27H28ClN5S/c1-4-23-27(28)26(18(3)33-15-20(13-30)16-33)24(32-23)7-5-6-17(2)34-22-9-8-21-10-19(12-29)14-31-25(21)11-22/h5,8-11,14,20,32H,2,4,6,13,15-16,30H2,1,3H3. The smallest absolute Gasteiger partial charge is 0.101 e. The normalized spacial score (nSPS) is 14.4. The van der Waals surface area contributed by atoms with Crippen LogP contribution in [-0.4, -0.2) is 34.5 Å². The van der Waals surface area contributed by atoms with Gasteiger partial charge in [0.2, 0.25) is 0 Å². The second kappa shape index (κ2) is 10.5. The summed E-state index contributed by atoms with van der Waals surface area (Å²) in [5.41, 5.74) is 12.8. The van der Waals surface area contributed by atoms with E-state index in [1.807, 2.05) is 30.3 Å². The van der Waals surface area contributed by atoms with E-state index in [4.69, 9.17) is 22.6 Å². The summed E-state index contributed by atoms with van der Waals surface area (Å²) in [6.07, 6.45) is 5.12. The number of H-pyrrole nitrogens is 1. The Bertz CT molecular complexity index is 1440. The van der Waals surface area contributed by atoms with E-state index in [2.05, 4.69) is 47.1 Å². The van der Waals surface area contributed by atoms with Crippen molar-refractivity contribution in [1.82, 2.24) is 14.9 Å². The summed E-state index contributed by atoms with van der Waals surface area (Å²) in [6, 6.07) is 10.0. The molecule has 0 radical (unpaired) electrons. The Morgan fingerprint density at radius 3 is 2.91 bits per heavy atom. The molecule has 1 aromatic carbocycles. The van der Waals surface area contributed by atoms with Crippen molar-refractivity contribution in [2.75, 3.05) is 19.6 Å². The van der Waals surface area contributed by atoms with Crippen molar-refractivity contribution in [3.63, 3.8) is 0 Å². The number of aromatic amines is 1. The molecule has 3 N–H and O–H groups in total. The van der Waals surface area contributed by atoms with Crippen LogP contribution in [-0.2, 0) is 6.42 Å². The van der Waals surface area contributed by atoms with E-state index < -0.39 is 0 Å². The summed E-state index contributed by atoms with van der Waals surface area (Å²) in [5.74, 6) is 0.556. The number of nitrogens with zero attached hydrogens (tertiary/aromatic N) is 3. The molecule has 0 spiro atoms. The quantitative estimate of drug-likeness (QED) is 0.483. The van der Waals surface area contributed by atoms with Crippen LogP contribution in [0.2, 0.25) is 5.02 Å². The van der Waals surface area contributed by atoms with Crippen LogP contribution in [0, 0.1) is 17.2 Å². The molecule has 0 saturated carbocycles. The summed E-state index contributed by atoms with van der Waals surface area (Å²) in [5, 5.41) is 12.7. The number of hydrogen-bond donors (Lipinski definition) is 2. The Kier molecular flexibility index (Phi) is 7.50. The minimum Gasteiger partial charge on any atom is -0.374 e. The summed E-state index contributed by atoms with van der Waals surface area (Å²) < 4.78 is 0. The number of nitrogens with one attached hydrogen (secondary N) is 1. The Morgan fingerprint density at radius 2 is 2.21 bits per heavy atom. The Labute approximate surface area is 209 Å². The molecule has 1 aliphatic heterocycles. The zero-order valence-electron chi connectivity index (χ0n) is 19.5. The number of pyridine rings is 1. The van der Waals surface area contributed by atoms with Crippen LogP contribution in [0.25, 0.3) is 22.3 Å². The molecule has 34 heavy (non-hydrogen) atoms. The molecule has 3 aromatic rings. The van der Waals surface area contributed by atoms with E-state index in [0.29, 0.717) is 17.9 Å². The van der Waals surface area contributed by atoms with Gasteiger partial charge in [-0.25, -0.2) is 0 Å². The van der Waals surface area contributed by atoms with Gasteiger partial charge in [0.05, 0.1) is 21.5 Å². The molecular formula is C27H28ClN5S. The summed E-state index contributed by atoms with van der Waals surface area (Å²) in [7, 11) is 0. The van der Waals surface area contributed by atoms with Gasteiger partial charge in [-0.05, 0) is 49.1 Å². The third-order valence-electron chi connectivity index (χ3n) is 6.11. The average molecular weight is 490 g/mol. The maximum absolute atomic E-state index is 9.04. The fourth-order valence-corrected chi connectivity index (χ4v) is 5.29. The number of hydrogen-bond acceptors (Lipinski definition) is 5. The molecule has 0 atom stereocenters. The highest BCUT2D eigenvalue weighted by Gasteiger charge is 2.26. The van der Waals surface area contributed by atoms with Crippen LogP contribution in [0.15, 0.2) is 52.9 Å². The number of aryl methyl sites for hydroxylation is 1. The van der Waals surface area contributed by atoms with Gasteiger partial charge in [-0.3, -0.25) is 4.98 Å². The molecule has 0 bridgehead atoms. The third-order valence-corrected chi connectivity index (χ3v) is 7.48. The molecule has 0 aliphatic carbocycles. The molecule has 4 rings (SSSR count). The van der Waals surface area contributed by atoms with E-state index in [-0.39, 0.29) is 0 Å². The van der Waals surface area contributed by atoms with Crippen LogP contribution in [0.1, 0.15) is 31.5 Å². The second-order valence-corrected chi connectivity index (χ2v) is 10.1. The predicted octanol–water partition coefficient (Wildman–Crippen LogP) is 4.30. The molecule has 174 valence electrons. The number of fused-ring (bicyclic) bond motifs is 1. The molecule has 1 saturated heterocycles. The molecule has 1 aliphatic rings. The van der Waals surface area contributed by atoms with Crippen molar-refractivity contribution in [3.8, 4) is 6.07 Å². The number of allylic oxidation sites excluding steroid dienone is 2. The van der Waals surface area contributed by atoms with E-state index >= 15 is 0 Å². The van der Waals surface area contributed by atoms with Crippen LogP contribution >= 0.6 is 23.4 Å². The van der Waals surface area contributed by atoms with Gasteiger partial charge in [0, 0.05) is 58.5 Å². The monoisotopic (exact) mass is 489 g/mol. The van der Waals surface area contributed by atoms with Crippen molar-refractivity contribution in [2.24, 2.45) is 11.7 Å². The molecule has 0 unspecified atom stereocenters. The van der Waals surface area contributed by atoms with Gasteiger partial charge in [-0.15, -0.1) is 0 Å². The highest BCUT2D eigenvalue weighted by Crippen LogP contribution is 2.30. The van der Waals surface area contributed by atoms with Gasteiger partial charge in [0.15, 0.2) is 0 Å². The summed E-state index contributed by atoms with van der Waals surface area (Å²) in [4.78, 5) is 12.2. The number of thioether (sulfide) groups is 1. The Balaban J connectivity index is 1.55. The first-order valence-electron chi connectivity index (χ1n) is 11.4. The van der Waals surface area contributed by atoms with E-state index in [1.165, 1.54) is 0 Å². The second-order valence-electron chi connectivity index (χ2n) is 8.50. The van der Waals surface area contributed by atoms with Crippen molar-refractivity contribution in [3.05, 3.63) is 74.9 Å². The number of benzene rings is 1. The van der Waals surface area contributed by atoms with Crippen molar-refractivity contribution < 1.29 is 0 Å². The van der Waals surface area contributed by atoms with E-state index in [9.17, 15) is 0 Å².